The lowest BCUT2D eigenvalue weighted by molar-refractivity contribution is 0.886. The van der Waals surface area contributed by atoms with Crippen molar-refractivity contribution in [2.75, 3.05) is 5.32 Å². The van der Waals surface area contributed by atoms with Crippen LogP contribution in [0.2, 0.25) is 0 Å². The second-order valence-electron chi connectivity index (χ2n) is 5.26. The molecule has 4 rings (SSSR count). The molecule has 0 atom stereocenters. The van der Waals surface area contributed by atoms with Crippen molar-refractivity contribution in [3.8, 4) is 6.07 Å². The number of nitriles is 1. The van der Waals surface area contributed by atoms with Crippen molar-refractivity contribution in [2.24, 2.45) is 7.05 Å². The summed E-state index contributed by atoms with van der Waals surface area (Å²) in [5, 5.41) is 13.2. The van der Waals surface area contributed by atoms with Crippen molar-refractivity contribution < 1.29 is 0 Å². The summed E-state index contributed by atoms with van der Waals surface area (Å²) in [5.74, 6) is 1.57. The molecule has 0 bridgehead atoms. The van der Waals surface area contributed by atoms with Gasteiger partial charge in [-0.25, -0.2) is 9.97 Å². The van der Waals surface area contributed by atoms with Crippen LogP contribution in [-0.4, -0.2) is 24.5 Å². The molecule has 0 unspecified atom stereocenters. The van der Waals surface area contributed by atoms with Crippen LogP contribution in [-0.2, 0) is 13.6 Å². The van der Waals surface area contributed by atoms with Crippen LogP contribution >= 0.6 is 0 Å². The summed E-state index contributed by atoms with van der Waals surface area (Å²) < 4.78 is 1.90. The number of imidazole rings is 2. The largest absolute Gasteiger partial charge is 0.348 e. The van der Waals surface area contributed by atoms with E-state index in [2.05, 4.69) is 31.3 Å². The number of benzene rings is 1. The smallest absolute Gasteiger partial charge is 0.202 e. The molecule has 3 aromatic heterocycles. The fourth-order valence-corrected chi connectivity index (χ4v) is 2.56. The van der Waals surface area contributed by atoms with E-state index in [1.807, 2.05) is 29.9 Å². The standard InChI is InChI=1S/C16H13N7/c1-23-5-4-18-16(23)20-9-14-21-13-8-19-12-3-2-10(7-17)6-11(12)15(13)22-14/h2-6,8H,9H2,1H3,(H,18,20)(H,21,22). The quantitative estimate of drug-likeness (QED) is 0.605. The lowest BCUT2D eigenvalue weighted by atomic mass is 10.1. The average Bonchev–Trinajstić information content (AvgIpc) is 3.18. The molecule has 112 valence electrons. The van der Waals surface area contributed by atoms with Gasteiger partial charge in [-0.3, -0.25) is 4.98 Å². The van der Waals surface area contributed by atoms with Gasteiger partial charge in [-0.05, 0) is 18.2 Å². The number of fused-ring (bicyclic) bond motifs is 3. The minimum atomic E-state index is 0.527. The van der Waals surface area contributed by atoms with Gasteiger partial charge in [0, 0.05) is 24.8 Å². The van der Waals surface area contributed by atoms with Crippen LogP contribution in [0.15, 0.2) is 36.8 Å². The molecule has 3 heterocycles. The number of anilines is 1. The number of aromatic nitrogens is 5. The average molecular weight is 303 g/mol. The van der Waals surface area contributed by atoms with E-state index in [0.29, 0.717) is 12.1 Å². The van der Waals surface area contributed by atoms with Gasteiger partial charge in [-0.1, -0.05) is 0 Å². The van der Waals surface area contributed by atoms with Crippen LogP contribution in [0, 0.1) is 11.3 Å². The van der Waals surface area contributed by atoms with Crippen LogP contribution in [0.25, 0.3) is 21.9 Å². The fraction of sp³-hybridized carbons (Fsp3) is 0.125. The third-order valence-corrected chi connectivity index (χ3v) is 3.73. The van der Waals surface area contributed by atoms with Gasteiger partial charge in [0.2, 0.25) is 5.95 Å². The number of aromatic amines is 1. The molecular weight excluding hydrogens is 290 g/mol. The third-order valence-electron chi connectivity index (χ3n) is 3.73. The van der Waals surface area contributed by atoms with Gasteiger partial charge < -0.3 is 14.9 Å². The molecule has 4 aromatic rings. The molecule has 1 aromatic carbocycles. The van der Waals surface area contributed by atoms with Gasteiger partial charge >= 0.3 is 0 Å². The Kier molecular flexibility index (Phi) is 2.95. The molecule has 0 aliphatic heterocycles. The van der Waals surface area contributed by atoms with E-state index in [-0.39, 0.29) is 0 Å². The second-order valence-corrected chi connectivity index (χ2v) is 5.26. The van der Waals surface area contributed by atoms with E-state index in [9.17, 15) is 0 Å². The predicted octanol–water partition coefficient (Wildman–Crippen LogP) is 2.33. The van der Waals surface area contributed by atoms with Crippen molar-refractivity contribution >= 4 is 27.9 Å². The molecule has 0 saturated heterocycles. The Balaban J connectivity index is 1.73. The zero-order chi connectivity index (χ0) is 15.8. The summed E-state index contributed by atoms with van der Waals surface area (Å²) in [7, 11) is 1.93. The molecule has 0 radical (unpaired) electrons. The van der Waals surface area contributed by atoms with Crippen LogP contribution < -0.4 is 5.32 Å². The Bertz CT molecular complexity index is 1050. The van der Waals surface area contributed by atoms with Gasteiger partial charge in [0.15, 0.2) is 0 Å². The van der Waals surface area contributed by atoms with Crippen molar-refractivity contribution in [1.29, 1.82) is 5.26 Å². The fourth-order valence-electron chi connectivity index (χ4n) is 2.56. The number of hydrogen-bond acceptors (Lipinski definition) is 5. The first-order valence-electron chi connectivity index (χ1n) is 7.13. The molecule has 2 N–H and O–H groups in total. The van der Waals surface area contributed by atoms with Crippen molar-refractivity contribution in [3.05, 3.63) is 48.2 Å². The van der Waals surface area contributed by atoms with E-state index >= 15 is 0 Å². The highest BCUT2D eigenvalue weighted by atomic mass is 15.2. The Morgan fingerprint density at radius 2 is 2.26 bits per heavy atom. The summed E-state index contributed by atoms with van der Waals surface area (Å²) in [6.45, 7) is 0.527. The molecule has 7 nitrogen and oxygen atoms in total. The monoisotopic (exact) mass is 303 g/mol. The Labute approximate surface area is 131 Å². The van der Waals surface area contributed by atoms with E-state index in [1.54, 1.807) is 18.5 Å². The predicted molar refractivity (Wildman–Crippen MR) is 86.6 cm³/mol. The zero-order valence-corrected chi connectivity index (χ0v) is 12.4. The molecule has 0 aliphatic carbocycles. The molecule has 7 heteroatoms. The van der Waals surface area contributed by atoms with Crippen molar-refractivity contribution in [3.63, 3.8) is 0 Å². The van der Waals surface area contributed by atoms with E-state index in [4.69, 9.17) is 5.26 Å². The van der Waals surface area contributed by atoms with Gasteiger partial charge in [-0.15, -0.1) is 0 Å². The number of rotatable bonds is 3. The minimum absolute atomic E-state index is 0.527. The molecular formula is C16H13N7. The van der Waals surface area contributed by atoms with Crippen molar-refractivity contribution in [2.45, 2.75) is 6.54 Å². The molecule has 0 aliphatic rings. The SMILES string of the molecule is Cn1ccnc1NCc1nc2c(cnc3ccc(C#N)cc32)[nH]1. The number of nitrogens with zero attached hydrogens (tertiary/aromatic N) is 5. The molecule has 0 saturated carbocycles. The van der Waals surface area contributed by atoms with Gasteiger partial charge in [0.05, 0.1) is 40.9 Å². The lowest BCUT2D eigenvalue weighted by Gasteiger charge is -2.02. The van der Waals surface area contributed by atoms with Gasteiger partial charge in [-0.2, -0.15) is 5.26 Å². The second kappa shape index (κ2) is 5.10. The summed E-state index contributed by atoms with van der Waals surface area (Å²) in [6.07, 6.45) is 5.38. The van der Waals surface area contributed by atoms with Crippen LogP contribution in [0.4, 0.5) is 5.95 Å². The zero-order valence-electron chi connectivity index (χ0n) is 12.4. The first kappa shape index (κ1) is 13.3. The number of nitrogens with one attached hydrogen (secondary N) is 2. The topological polar surface area (TPSA) is 95.2 Å². The molecule has 0 spiro atoms. The minimum Gasteiger partial charge on any atom is -0.348 e. The van der Waals surface area contributed by atoms with E-state index < -0.39 is 0 Å². The number of pyridine rings is 1. The molecule has 0 amide bonds. The highest BCUT2D eigenvalue weighted by Crippen LogP contribution is 2.23. The van der Waals surface area contributed by atoms with Crippen LogP contribution in [0.1, 0.15) is 11.4 Å². The third kappa shape index (κ3) is 2.26. The highest BCUT2D eigenvalue weighted by Gasteiger charge is 2.09. The number of aryl methyl sites for hydroxylation is 1. The highest BCUT2D eigenvalue weighted by molar-refractivity contribution is 6.02. The molecule has 23 heavy (non-hydrogen) atoms. The Hall–Kier alpha value is -3.40. The van der Waals surface area contributed by atoms with E-state index in [1.165, 1.54) is 0 Å². The van der Waals surface area contributed by atoms with Gasteiger partial charge in [0.1, 0.15) is 5.82 Å². The summed E-state index contributed by atoms with van der Waals surface area (Å²) in [6, 6.07) is 7.57. The number of hydrogen-bond donors (Lipinski definition) is 2. The normalized spacial score (nSPS) is 11.0. The Morgan fingerprint density at radius 1 is 1.35 bits per heavy atom. The first-order chi connectivity index (χ1) is 11.2. The maximum atomic E-state index is 9.07. The van der Waals surface area contributed by atoms with Gasteiger partial charge in [0.25, 0.3) is 0 Å². The first-order valence-corrected chi connectivity index (χ1v) is 7.13. The maximum Gasteiger partial charge on any atom is 0.202 e. The lowest BCUT2D eigenvalue weighted by Crippen LogP contribution is -2.05. The maximum absolute atomic E-state index is 9.07. The van der Waals surface area contributed by atoms with Crippen LogP contribution in [0.5, 0.6) is 0 Å². The number of H-pyrrole nitrogens is 1. The summed E-state index contributed by atoms with van der Waals surface area (Å²) in [5.41, 5.74) is 3.10. The van der Waals surface area contributed by atoms with E-state index in [0.717, 1.165) is 33.7 Å². The van der Waals surface area contributed by atoms with Crippen LogP contribution in [0.3, 0.4) is 0 Å². The summed E-state index contributed by atoms with van der Waals surface area (Å²) in [4.78, 5) is 16.5. The van der Waals surface area contributed by atoms with Crippen molar-refractivity contribution in [1.82, 2.24) is 24.5 Å². The molecule has 0 fully saturated rings. The Morgan fingerprint density at radius 3 is 3.04 bits per heavy atom. The summed E-state index contributed by atoms with van der Waals surface area (Å²) >= 11 is 0.